The van der Waals surface area contributed by atoms with Gasteiger partial charge in [0.05, 0.1) is 25.4 Å². The topological polar surface area (TPSA) is 95.9 Å². The van der Waals surface area contributed by atoms with Crippen molar-refractivity contribution in [3.05, 3.63) is 48.6 Å². The first-order valence-corrected chi connectivity index (χ1v) is 23.9. The fourth-order valence-corrected chi connectivity index (χ4v) is 6.85. The molecule has 0 heterocycles. The highest BCUT2D eigenvalue weighted by Crippen LogP contribution is 2.13. The van der Waals surface area contributed by atoms with Crippen LogP contribution >= 0.6 is 0 Å². The molecule has 2 atom stereocenters. The Labute approximate surface area is 346 Å². The number of aliphatic hydroxyl groups is 2. The molecule has 0 radical (unpaired) electrons. The quantitative estimate of drug-likeness (QED) is 0.0248. The molecule has 2 unspecified atom stereocenters. The molecule has 0 spiro atoms. The third kappa shape index (κ3) is 41.5. The lowest BCUT2D eigenvalue weighted by atomic mass is 10.1. The molecule has 0 aliphatic carbocycles. The Bertz CT molecular complexity index is 957. The molecule has 0 aromatic carbocycles. The van der Waals surface area contributed by atoms with Gasteiger partial charge in [0.25, 0.3) is 0 Å². The van der Waals surface area contributed by atoms with Crippen molar-refractivity contribution in [2.45, 2.75) is 244 Å². The molecule has 56 heavy (non-hydrogen) atoms. The molecule has 0 rings (SSSR count). The number of ether oxygens (including phenoxy) is 1. The minimum atomic E-state index is -0.857. The first kappa shape index (κ1) is 53.8. The molecule has 0 saturated carbocycles. The van der Waals surface area contributed by atoms with Crippen LogP contribution in [0.2, 0.25) is 0 Å². The number of rotatable bonds is 43. The van der Waals surface area contributed by atoms with E-state index in [9.17, 15) is 19.8 Å². The van der Waals surface area contributed by atoms with Gasteiger partial charge in [-0.25, -0.2) is 0 Å². The normalized spacial score (nSPS) is 13.1. The summed E-state index contributed by atoms with van der Waals surface area (Å²) in [5.41, 5.74) is 0. The monoisotopic (exact) mass is 786 g/mol. The number of hydrogen-bond donors (Lipinski definition) is 3. The fourth-order valence-electron chi connectivity index (χ4n) is 6.85. The Morgan fingerprint density at radius 3 is 1.38 bits per heavy atom. The number of unbranched alkanes of at least 4 members (excludes halogenated alkanes) is 27. The molecule has 326 valence electrons. The zero-order valence-electron chi connectivity index (χ0n) is 36.8. The third-order valence-electron chi connectivity index (χ3n) is 10.6. The van der Waals surface area contributed by atoms with Gasteiger partial charge in [0.1, 0.15) is 0 Å². The highest BCUT2D eigenvalue weighted by atomic mass is 16.5. The Morgan fingerprint density at radius 2 is 0.893 bits per heavy atom. The average molecular weight is 786 g/mol. The summed E-state index contributed by atoms with van der Waals surface area (Å²) in [6.45, 7) is 4.79. The molecule has 0 aliphatic heterocycles. The van der Waals surface area contributed by atoms with Crippen molar-refractivity contribution in [2.75, 3.05) is 13.2 Å². The lowest BCUT2D eigenvalue weighted by molar-refractivity contribution is -0.143. The zero-order chi connectivity index (χ0) is 40.8. The Kier molecular flexibility index (Phi) is 43.7. The summed E-state index contributed by atoms with van der Waals surface area (Å²) in [5.74, 6) is -0.128. The van der Waals surface area contributed by atoms with Crippen molar-refractivity contribution in [3.8, 4) is 0 Å². The van der Waals surface area contributed by atoms with Crippen LogP contribution in [0.15, 0.2) is 48.6 Å². The lowest BCUT2D eigenvalue weighted by Gasteiger charge is -2.20. The number of carbonyl (C=O) groups excluding carboxylic acids is 2. The van der Waals surface area contributed by atoms with Gasteiger partial charge >= 0.3 is 5.97 Å². The summed E-state index contributed by atoms with van der Waals surface area (Å²) >= 11 is 0. The van der Waals surface area contributed by atoms with Crippen LogP contribution in [-0.2, 0) is 14.3 Å². The number of amides is 1. The predicted octanol–water partition coefficient (Wildman–Crippen LogP) is 13.9. The molecule has 6 heteroatoms. The Hall–Kier alpha value is -2.18. The minimum Gasteiger partial charge on any atom is -0.466 e. The van der Waals surface area contributed by atoms with E-state index in [0.29, 0.717) is 19.4 Å². The molecule has 0 aromatic heterocycles. The summed E-state index contributed by atoms with van der Waals surface area (Å²) < 4.78 is 5.42. The lowest BCUT2D eigenvalue weighted by Crippen LogP contribution is -2.45. The summed E-state index contributed by atoms with van der Waals surface area (Å²) in [6, 6.07) is -0.643. The van der Waals surface area contributed by atoms with Crippen LogP contribution < -0.4 is 5.32 Å². The standard InChI is InChI=1S/C50H91NO5/c1-3-5-7-9-11-13-15-16-21-24-28-32-36-40-44-50(55)56-45-41-37-33-29-25-22-19-17-18-20-23-27-31-35-39-43-49(54)51-47(46-52)48(53)42-38-34-30-26-14-12-10-8-6-4-2/h15-17,19,22,25,38,42,47-48,52-53H,3-14,18,20-21,23-24,26-37,39-41,43-46H2,1-2H3,(H,51,54)/b16-15-,19-17-,25-22-,42-38+. The maximum absolute atomic E-state index is 12.4. The van der Waals surface area contributed by atoms with Crippen LogP contribution in [0.25, 0.3) is 0 Å². The molecule has 1 amide bonds. The zero-order valence-corrected chi connectivity index (χ0v) is 36.8. The van der Waals surface area contributed by atoms with E-state index >= 15 is 0 Å². The van der Waals surface area contributed by atoms with Crippen LogP contribution in [0.1, 0.15) is 232 Å². The van der Waals surface area contributed by atoms with E-state index in [1.165, 1.54) is 128 Å². The van der Waals surface area contributed by atoms with Gasteiger partial charge in [-0.3, -0.25) is 9.59 Å². The Morgan fingerprint density at radius 1 is 0.500 bits per heavy atom. The Balaban J connectivity index is 3.56. The largest absolute Gasteiger partial charge is 0.466 e. The molecular formula is C50H91NO5. The summed E-state index contributed by atoms with van der Waals surface area (Å²) in [6.07, 6.45) is 55.3. The van der Waals surface area contributed by atoms with Gasteiger partial charge < -0.3 is 20.3 Å². The number of esters is 1. The SMILES string of the molecule is CCCCCCC/C=C\CCCCCCCC(=O)OCCCCC/C=C\C=C/CCCCCCCCC(=O)NC(CO)C(O)/C=C/CCCCCCCCCC. The average Bonchev–Trinajstić information content (AvgIpc) is 3.20. The van der Waals surface area contributed by atoms with E-state index < -0.39 is 12.1 Å². The van der Waals surface area contributed by atoms with Gasteiger partial charge in [-0.05, 0) is 89.9 Å². The summed E-state index contributed by atoms with van der Waals surface area (Å²) in [5, 5.41) is 22.9. The van der Waals surface area contributed by atoms with Gasteiger partial charge in [0.2, 0.25) is 5.91 Å². The van der Waals surface area contributed by atoms with Gasteiger partial charge in [-0.2, -0.15) is 0 Å². The maximum atomic E-state index is 12.4. The number of carbonyl (C=O) groups is 2. The second-order valence-corrected chi connectivity index (χ2v) is 16.1. The van der Waals surface area contributed by atoms with E-state index in [4.69, 9.17) is 4.74 Å². The van der Waals surface area contributed by atoms with E-state index in [2.05, 4.69) is 55.6 Å². The molecule has 0 bridgehead atoms. The number of aliphatic hydroxyl groups excluding tert-OH is 2. The number of nitrogens with one attached hydrogen (secondary N) is 1. The molecule has 0 fully saturated rings. The van der Waals surface area contributed by atoms with Crippen LogP contribution in [0.4, 0.5) is 0 Å². The fraction of sp³-hybridized carbons (Fsp3) is 0.800. The number of allylic oxidation sites excluding steroid dienone is 7. The highest BCUT2D eigenvalue weighted by molar-refractivity contribution is 5.76. The van der Waals surface area contributed by atoms with Crippen LogP contribution in [0.5, 0.6) is 0 Å². The van der Waals surface area contributed by atoms with E-state index in [-0.39, 0.29) is 18.5 Å². The number of hydrogen-bond acceptors (Lipinski definition) is 5. The van der Waals surface area contributed by atoms with Crippen molar-refractivity contribution in [1.82, 2.24) is 5.32 Å². The van der Waals surface area contributed by atoms with Crippen molar-refractivity contribution >= 4 is 11.9 Å². The van der Waals surface area contributed by atoms with Crippen LogP contribution in [0.3, 0.4) is 0 Å². The molecule has 0 saturated heterocycles. The molecule has 6 nitrogen and oxygen atoms in total. The highest BCUT2D eigenvalue weighted by Gasteiger charge is 2.18. The van der Waals surface area contributed by atoms with Crippen molar-refractivity contribution < 1.29 is 24.5 Å². The summed E-state index contributed by atoms with van der Waals surface area (Å²) in [7, 11) is 0. The predicted molar refractivity (Wildman–Crippen MR) is 241 cm³/mol. The second-order valence-electron chi connectivity index (χ2n) is 16.1. The van der Waals surface area contributed by atoms with Gasteiger partial charge in [-0.1, -0.05) is 178 Å². The van der Waals surface area contributed by atoms with Gasteiger partial charge in [0.15, 0.2) is 0 Å². The summed E-state index contributed by atoms with van der Waals surface area (Å²) in [4.78, 5) is 24.3. The molecular weight excluding hydrogens is 695 g/mol. The van der Waals surface area contributed by atoms with Crippen molar-refractivity contribution in [2.24, 2.45) is 0 Å². The van der Waals surface area contributed by atoms with Crippen LogP contribution in [0, 0.1) is 0 Å². The minimum absolute atomic E-state index is 0.0329. The molecule has 0 aliphatic rings. The van der Waals surface area contributed by atoms with Crippen molar-refractivity contribution in [1.29, 1.82) is 0 Å². The first-order valence-electron chi connectivity index (χ1n) is 23.9. The third-order valence-corrected chi connectivity index (χ3v) is 10.6. The maximum Gasteiger partial charge on any atom is 0.305 e. The first-order chi connectivity index (χ1) is 27.5. The second kappa shape index (κ2) is 45.5. The van der Waals surface area contributed by atoms with Gasteiger partial charge in [-0.15, -0.1) is 0 Å². The smallest absolute Gasteiger partial charge is 0.305 e. The van der Waals surface area contributed by atoms with E-state index in [1.54, 1.807) is 6.08 Å². The van der Waals surface area contributed by atoms with Crippen molar-refractivity contribution in [3.63, 3.8) is 0 Å². The molecule has 0 aromatic rings. The van der Waals surface area contributed by atoms with Gasteiger partial charge in [0, 0.05) is 12.8 Å². The molecule has 3 N–H and O–H groups in total. The van der Waals surface area contributed by atoms with Crippen LogP contribution in [-0.4, -0.2) is 47.4 Å². The van der Waals surface area contributed by atoms with E-state index in [1.807, 2.05) is 6.08 Å². The van der Waals surface area contributed by atoms with E-state index in [0.717, 1.165) is 77.0 Å².